The van der Waals surface area contributed by atoms with Crippen LogP contribution in [0.25, 0.3) is 11.3 Å². The first-order valence-electron chi connectivity index (χ1n) is 12.0. The molecule has 3 aromatic rings. The average Bonchev–Trinajstić information content (AvgIpc) is 3.24. The molecule has 0 bridgehead atoms. The Kier molecular flexibility index (Phi) is 8.44. The second kappa shape index (κ2) is 10.9. The number of halogens is 7. The van der Waals surface area contributed by atoms with Crippen LogP contribution in [0.4, 0.5) is 30.7 Å². The molecule has 0 atom stereocenters. The Morgan fingerprint density at radius 3 is 2.10 bits per heavy atom. The number of alkyl halides is 3. The Morgan fingerprint density at radius 2 is 1.62 bits per heavy atom. The van der Waals surface area contributed by atoms with Crippen molar-refractivity contribution >= 4 is 5.91 Å². The lowest BCUT2D eigenvalue weighted by Crippen LogP contribution is -2.53. The number of pyridine rings is 1. The van der Waals surface area contributed by atoms with Crippen molar-refractivity contribution in [2.24, 2.45) is 5.73 Å². The van der Waals surface area contributed by atoms with Gasteiger partial charge in [0.2, 0.25) is 5.91 Å². The minimum Gasteiger partial charge on any atom is -0.327 e. The van der Waals surface area contributed by atoms with Crippen molar-refractivity contribution in [3.63, 3.8) is 0 Å². The van der Waals surface area contributed by atoms with E-state index in [-0.39, 0.29) is 29.6 Å². The van der Waals surface area contributed by atoms with E-state index in [4.69, 9.17) is 5.73 Å². The van der Waals surface area contributed by atoms with E-state index in [1.54, 1.807) is 4.90 Å². The minimum absolute atomic E-state index is 0.00462. The molecule has 3 heterocycles. The molecule has 0 fully saturated rings. The van der Waals surface area contributed by atoms with E-state index in [9.17, 15) is 35.5 Å². The fraction of sp³-hybridized carbons (Fsp3) is 0.423. The summed E-state index contributed by atoms with van der Waals surface area (Å²) in [4.78, 5) is 21.6. The first-order chi connectivity index (χ1) is 18.0. The van der Waals surface area contributed by atoms with Crippen LogP contribution in [0.3, 0.4) is 0 Å². The molecular formula is C26H28F7N5O. The predicted molar refractivity (Wildman–Crippen MR) is 129 cm³/mol. The summed E-state index contributed by atoms with van der Waals surface area (Å²) in [6, 6.07) is 3.85. The predicted octanol–water partition coefficient (Wildman–Crippen LogP) is 5.67. The summed E-state index contributed by atoms with van der Waals surface area (Å²) in [5.74, 6) is -4.94. The summed E-state index contributed by atoms with van der Waals surface area (Å²) in [6.07, 6.45) is -4.71. The molecule has 1 aliphatic heterocycles. The summed E-state index contributed by atoms with van der Waals surface area (Å²) < 4.78 is 91.2. The number of nitrogens with two attached hydrogens (primary N) is 1. The zero-order valence-corrected chi connectivity index (χ0v) is 21.9. The van der Waals surface area contributed by atoms with Gasteiger partial charge in [-0.05, 0) is 51.0 Å². The van der Waals surface area contributed by atoms with Crippen molar-refractivity contribution in [1.29, 1.82) is 0 Å². The number of amides is 1. The highest BCUT2D eigenvalue weighted by Crippen LogP contribution is 2.39. The molecule has 0 radical (unpaired) electrons. The van der Waals surface area contributed by atoms with E-state index < -0.39 is 40.7 Å². The van der Waals surface area contributed by atoms with Crippen LogP contribution in [0.15, 0.2) is 24.3 Å². The lowest BCUT2D eigenvalue weighted by atomic mass is 9.98. The fourth-order valence-corrected chi connectivity index (χ4v) is 4.53. The molecule has 13 heteroatoms. The van der Waals surface area contributed by atoms with Gasteiger partial charge in [0, 0.05) is 30.0 Å². The van der Waals surface area contributed by atoms with Crippen molar-refractivity contribution < 1.29 is 35.5 Å². The zero-order chi connectivity index (χ0) is 29.4. The van der Waals surface area contributed by atoms with E-state index >= 15 is 0 Å². The first kappa shape index (κ1) is 30.1. The van der Waals surface area contributed by atoms with Gasteiger partial charge in [-0.15, -0.1) is 0 Å². The molecule has 39 heavy (non-hydrogen) atoms. The van der Waals surface area contributed by atoms with E-state index in [1.165, 1.54) is 13.0 Å². The number of hydrogen-bond donors (Lipinski definition) is 1. The number of carbonyl (C=O) groups excluding carboxylic acids is 1. The number of aryl methyl sites for hydroxylation is 1. The van der Waals surface area contributed by atoms with Crippen molar-refractivity contribution in [2.75, 3.05) is 13.1 Å². The third-order valence-corrected chi connectivity index (χ3v) is 6.31. The van der Waals surface area contributed by atoms with Gasteiger partial charge in [-0.25, -0.2) is 27.5 Å². The normalized spacial score (nSPS) is 14.7. The smallest absolute Gasteiger partial charge is 0.327 e. The number of aromatic nitrogens is 3. The molecular weight excluding hydrogens is 531 g/mol. The Bertz CT molecular complexity index is 1360. The number of nitrogens with zero attached hydrogens (tertiary/aromatic N) is 4. The molecule has 2 aromatic heterocycles. The molecule has 0 unspecified atom stereocenters. The highest BCUT2D eigenvalue weighted by atomic mass is 19.4. The molecule has 0 aliphatic carbocycles. The Hall–Kier alpha value is -3.48. The number of imidazole rings is 1. The third-order valence-electron chi connectivity index (χ3n) is 6.31. The van der Waals surface area contributed by atoms with E-state index in [0.717, 1.165) is 23.9 Å². The Balaban J connectivity index is 0.000000293. The molecule has 1 amide bonds. The molecule has 0 saturated carbocycles. The van der Waals surface area contributed by atoms with Gasteiger partial charge < -0.3 is 15.2 Å². The summed E-state index contributed by atoms with van der Waals surface area (Å²) in [6.45, 7) is 9.84. The number of hydrogen-bond acceptors (Lipinski definition) is 4. The van der Waals surface area contributed by atoms with Gasteiger partial charge in [-0.2, -0.15) is 13.2 Å². The summed E-state index contributed by atoms with van der Waals surface area (Å²) in [5.41, 5.74) is 4.83. The monoisotopic (exact) mass is 559 g/mol. The fourth-order valence-electron chi connectivity index (χ4n) is 4.53. The highest BCUT2D eigenvalue weighted by molar-refractivity contribution is 5.79. The van der Waals surface area contributed by atoms with Gasteiger partial charge in [-0.1, -0.05) is 13.8 Å². The van der Waals surface area contributed by atoms with Crippen LogP contribution in [-0.4, -0.2) is 38.4 Å². The largest absolute Gasteiger partial charge is 0.436 e. The number of carbonyl (C=O) groups is 1. The van der Waals surface area contributed by atoms with Gasteiger partial charge in [0.15, 0.2) is 29.0 Å². The topological polar surface area (TPSA) is 77.0 Å². The van der Waals surface area contributed by atoms with Gasteiger partial charge in [0.1, 0.15) is 5.82 Å². The van der Waals surface area contributed by atoms with Crippen LogP contribution in [0, 0.1) is 30.2 Å². The van der Waals surface area contributed by atoms with E-state index in [1.807, 2.05) is 32.3 Å². The summed E-state index contributed by atoms with van der Waals surface area (Å²) in [7, 11) is 0. The van der Waals surface area contributed by atoms with Crippen LogP contribution in [-0.2, 0) is 23.1 Å². The quantitative estimate of drug-likeness (QED) is 0.331. The molecule has 1 aromatic carbocycles. The lowest BCUT2D eigenvalue weighted by Gasteiger charge is -2.42. The third kappa shape index (κ3) is 5.92. The Labute approximate surface area is 220 Å². The highest BCUT2D eigenvalue weighted by Gasteiger charge is 2.41. The van der Waals surface area contributed by atoms with Gasteiger partial charge in [-0.3, -0.25) is 4.79 Å². The maximum atomic E-state index is 13.8. The standard InChI is InChI=1S/C19H23F3N4O.C7H5F4N/c1-10(2)17-16(11-7-12(20)15(22)13(21)8-11)24-18-19(3,4)26(14(27)9-23)6-5-25(17)18;1-4-2-3-5(8)6(12-4)7(9,10)11/h7-8,10H,5-6,9,23H2,1-4H3;2-3H,1H3. The second-order valence-electron chi connectivity index (χ2n) is 9.82. The maximum absolute atomic E-state index is 13.8. The first-order valence-corrected chi connectivity index (χ1v) is 12.0. The zero-order valence-electron chi connectivity index (χ0n) is 21.9. The van der Waals surface area contributed by atoms with Crippen molar-refractivity contribution in [1.82, 2.24) is 19.4 Å². The number of benzene rings is 1. The molecule has 2 N–H and O–H groups in total. The van der Waals surface area contributed by atoms with Crippen LogP contribution in [0.5, 0.6) is 0 Å². The van der Waals surface area contributed by atoms with E-state index in [2.05, 4.69) is 9.97 Å². The molecule has 4 rings (SSSR count). The molecule has 0 spiro atoms. The summed E-state index contributed by atoms with van der Waals surface area (Å²) >= 11 is 0. The van der Waals surface area contributed by atoms with Crippen molar-refractivity contribution in [3.8, 4) is 11.3 Å². The van der Waals surface area contributed by atoms with Crippen LogP contribution in [0.2, 0.25) is 0 Å². The van der Waals surface area contributed by atoms with Gasteiger partial charge in [0.05, 0.1) is 17.8 Å². The molecule has 1 aliphatic rings. The second-order valence-corrected chi connectivity index (χ2v) is 9.82. The summed E-state index contributed by atoms with van der Waals surface area (Å²) in [5, 5.41) is 0. The number of rotatable bonds is 3. The molecule has 0 saturated heterocycles. The molecule has 6 nitrogen and oxygen atoms in total. The van der Waals surface area contributed by atoms with Crippen LogP contribution >= 0.6 is 0 Å². The van der Waals surface area contributed by atoms with Crippen LogP contribution < -0.4 is 5.73 Å². The van der Waals surface area contributed by atoms with Crippen molar-refractivity contribution in [2.45, 2.75) is 58.8 Å². The minimum atomic E-state index is -4.71. The van der Waals surface area contributed by atoms with Gasteiger partial charge in [0.25, 0.3) is 0 Å². The van der Waals surface area contributed by atoms with Crippen LogP contribution in [0.1, 0.15) is 56.5 Å². The van der Waals surface area contributed by atoms with E-state index in [0.29, 0.717) is 24.6 Å². The maximum Gasteiger partial charge on any atom is 0.436 e. The average molecular weight is 560 g/mol. The SMILES string of the molecule is CC(C)c1c(-c2cc(F)c(F)c(F)c2)nc2n1CCN(C(=O)CN)C2(C)C.Cc1ccc(F)c(C(F)(F)F)n1. The van der Waals surface area contributed by atoms with Gasteiger partial charge >= 0.3 is 6.18 Å². The number of fused-ring (bicyclic) bond motifs is 1. The lowest BCUT2D eigenvalue weighted by molar-refractivity contribution is -0.143. The molecule has 212 valence electrons. The Morgan fingerprint density at radius 1 is 1.03 bits per heavy atom. The van der Waals surface area contributed by atoms with Crippen molar-refractivity contribution in [3.05, 3.63) is 70.4 Å².